The highest BCUT2D eigenvalue weighted by Gasteiger charge is 2.59. The van der Waals surface area contributed by atoms with Crippen molar-refractivity contribution in [2.24, 2.45) is 5.92 Å². The fourth-order valence-electron chi connectivity index (χ4n) is 11.6. The number of nitrogens with one attached hydrogen (secondary N) is 1. The van der Waals surface area contributed by atoms with Crippen molar-refractivity contribution in [2.45, 2.75) is 95.2 Å². The molecule has 5 aliphatic rings. The van der Waals surface area contributed by atoms with Crippen molar-refractivity contribution in [1.82, 2.24) is 48.3 Å². The third-order valence-corrected chi connectivity index (χ3v) is 15.3. The fraction of sp³-hybridized carbons (Fsp3) is 0.388. The van der Waals surface area contributed by atoms with E-state index in [1.54, 1.807) is 35.3 Å². The van der Waals surface area contributed by atoms with Crippen molar-refractivity contribution in [3.05, 3.63) is 139 Å². The van der Waals surface area contributed by atoms with Gasteiger partial charge in [0.15, 0.2) is 11.6 Å². The summed E-state index contributed by atoms with van der Waals surface area (Å²) in [6.45, 7) is 5.72. The maximum absolute atomic E-state index is 16.4. The molecule has 66 heavy (non-hydrogen) atoms. The van der Waals surface area contributed by atoms with Gasteiger partial charge < -0.3 is 14.2 Å². The van der Waals surface area contributed by atoms with Gasteiger partial charge in [-0.2, -0.15) is 10.2 Å². The second-order valence-electron chi connectivity index (χ2n) is 18.9. The van der Waals surface area contributed by atoms with Gasteiger partial charge in [0.1, 0.15) is 22.9 Å². The highest BCUT2D eigenvalue weighted by molar-refractivity contribution is 6.00. The molecule has 2 aliphatic heterocycles. The van der Waals surface area contributed by atoms with E-state index in [2.05, 4.69) is 40.4 Å². The lowest BCUT2D eigenvalue weighted by Gasteiger charge is -2.34. The third-order valence-electron chi connectivity index (χ3n) is 15.3. The second-order valence-corrected chi connectivity index (χ2v) is 18.9. The normalized spacial score (nSPS) is 21.8. The average molecular weight is 893 g/mol. The molecule has 3 aliphatic carbocycles. The Kier molecular flexibility index (Phi) is 8.56. The minimum absolute atomic E-state index is 0.0130. The van der Waals surface area contributed by atoms with Gasteiger partial charge in [-0.1, -0.05) is 18.1 Å². The number of hydrogen-bond acceptors (Lipinski definition) is 8. The lowest BCUT2D eigenvalue weighted by atomic mass is 9.91. The van der Waals surface area contributed by atoms with Crippen LogP contribution in [0.2, 0.25) is 0 Å². The van der Waals surface area contributed by atoms with Crippen LogP contribution in [0.5, 0.6) is 0 Å². The van der Waals surface area contributed by atoms with Crippen LogP contribution in [0.1, 0.15) is 115 Å². The van der Waals surface area contributed by atoms with E-state index in [9.17, 15) is 9.59 Å². The Labute approximate surface area is 375 Å². The second kappa shape index (κ2) is 14.3. The van der Waals surface area contributed by atoms with Crippen LogP contribution in [0.3, 0.4) is 0 Å². The van der Waals surface area contributed by atoms with Crippen LogP contribution in [0, 0.1) is 17.6 Å². The Morgan fingerprint density at radius 3 is 2.44 bits per heavy atom. The number of aromatic amines is 1. The molecule has 336 valence electrons. The van der Waals surface area contributed by atoms with E-state index in [-0.39, 0.29) is 29.4 Å². The first-order valence-electron chi connectivity index (χ1n) is 23.1. The van der Waals surface area contributed by atoms with Crippen molar-refractivity contribution < 1.29 is 22.8 Å². The average Bonchev–Trinajstić information content (AvgIpc) is 3.74. The number of halogens is 2. The lowest BCUT2D eigenvalue weighted by Crippen LogP contribution is -2.41. The number of ether oxygens (including phenoxy) is 1. The lowest BCUT2D eigenvalue weighted by molar-refractivity contribution is 0.0663. The zero-order valence-corrected chi connectivity index (χ0v) is 36.5. The highest BCUT2D eigenvalue weighted by atomic mass is 19.1. The highest BCUT2D eigenvalue weighted by Crippen LogP contribution is 2.56. The van der Waals surface area contributed by atoms with Gasteiger partial charge >= 0.3 is 11.4 Å². The summed E-state index contributed by atoms with van der Waals surface area (Å²) in [7, 11) is 0. The van der Waals surface area contributed by atoms with Gasteiger partial charge in [-0.15, -0.1) is 0 Å². The topological polar surface area (TPSA) is 156 Å². The van der Waals surface area contributed by atoms with E-state index in [1.165, 1.54) is 27.0 Å². The summed E-state index contributed by atoms with van der Waals surface area (Å²) in [4.78, 5) is 47.5. The van der Waals surface area contributed by atoms with Crippen molar-refractivity contribution in [3.8, 4) is 17.2 Å². The molecule has 0 radical (unpaired) electrons. The number of rotatable bonds is 8. The summed E-state index contributed by atoms with van der Waals surface area (Å²) in [6.07, 6.45) is 11.5. The molecule has 7 heterocycles. The van der Waals surface area contributed by atoms with Gasteiger partial charge in [0.05, 0.1) is 46.3 Å². The molecule has 3 aromatic carbocycles. The van der Waals surface area contributed by atoms with Gasteiger partial charge in [0.2, 0.25) is 0 Å². The Balaban J connectivity index is 0.957. The summed E-state index contributed by atoms with van der Waals surface area (Å²) in [6, 6.07) is 14.5. The molecule has 1 amide bonds. The summed E-state index contributed by atoms with van der Waals surface area (Å²) in [5.41, 5.74) is 5.31. The van der Waals surface area contributed by atoms with E-state index in [1.807, 2.05) is 27.1 Å². The fourth-order valence-corrected chi connectivity index (χ4v) is 11.6. The molecule has 0 bridgehead atoms. The Morgan fingerprint density at radius 1 is 0.894 bits per heavy atom. The maximum atomic E-state index is 16.4. The first-order chi connectivity index (χ1) is 32.1. The number of amides is 1. The number of imidazole rings is 1. The monoisotopic (exact) mass is 892 g/mol. The Bertz CT molecular complexity index is 3450. The number of carbonyl (C=O) groups excluding carboxylic acids is 1. The number of hydrogen-bond donors (Lipinski definition) is 1. The van der Waals surface area contributed by atoms with E-state index >= 15 is 13.6 Å². The SMILES string of the molecule is C[C@H]1c2c(nn(-c3ccc(F)c4c3CCC4)c2-n2ccn(-c3ccc4c(cnn4C4CC4)c3F)c2=O)CCN1C(=O)c1cc2cc(C3CCOCC3)ccc2n1[C@@]1(c2noc(=O)[nH]2)C[C@@H]1C. The molecule has 3 fully saturated rings. The van der Waals surface area contributed by atoms with Crippen LogP contribution < -0.4 is 11.4 Å². The van der Waals surface area contributed by atoms with Crippen LogP contribution in [0.4, 0.5) is 8.78 Å². The molecule has 5 aromatic heterocycles. The molecule has 0 spiro atoms. The van der Waals surface area contributed by atoms with Gasteiger partial charge in [-0.25, -0.2) is 23.1 Å². The van der Waals surface area contributed by atoms with Crippen molar-refractivity contribution >= 4 is 27.7 Å². The Hall–Kier alpha value is -6.88. The zero-order chi connectivity index (χ0) is 44.7. The molecule has 17 heteroatoms. The van der Waals surface area contributed by atoms with Crippen LogP contribution in [-0.2, 0) is 29.5 Å². The van der Waals surface area contributed by atoms with Crippen LogP contribution in [-0.4, -0.2) is 74.0 Å². The van der Waals surface area contributed by atoms with Crippen molar-refractivity contribution in [1.29, 1.82) is 0 Å². The number of fused-ring (bicyclic) bond motifs is 4. The van der Waals surface area contributed by atoms with Gasteiger partial charge in [0, 0.05) is 55.0 Å². The molecule has 1 saturated heterocycles. The quantitative estimate of drug-likeness (QED) is 0.166. The minimum Gasteiger partial charge on any atom is -0.381 e. The molecule has 15 nitrogen and oxygen atoms in total. The minimum atomic E-state index is -0.840. The molecule has 0 unspecified atom stereocenters. The molecular formula is C49H46F2N10O5. The molecule has 13 rings (SSSR count). The summed E-state index contributed by atoms with van der Waals surface area (Å²) < 4.78 is 50.8. The number of nitrogens with zero attached hydrogens (tertiary/aromatic N) is 9. The van der Waals surface area contributed by atoms with E-state index in [0.29, 0.717) is 102 Å². The van der Waals surface area contributed by atoms with Gasteiger partial charge in [-0.05, 0) is 129 Å². The summed E-state index contributed by atoms with van der Waals surface area (Å²) in [5, 5.41) is 15.0. The van der Waals surface area contributed by atoms with Crippen LogP contribution in [0.25, 0.3) is 39.0 Å². The standard InChI is InChI=1S/C49H46F2N10O5/c1-26-24-49(26,46-53-47(63)66-55-46)59-37-10-6-29(28-15-20-65-21-16-28)22-30(37)23-41(59)45(62)56-17-14-36-42(27(56)2)44(61(54-36)38-11-9-35(50)32-4-3-5-33(32)38)58-19-18-57(48(58)64)40-13-12-39-34(43(40)51)25-52-60(39)31-7-8-31/h6,9-13,18-19,22-23,25-28,31H,3-5,7-8,14-17,20-21,24H2,1-2H3,(H,53,55,63)/t26-,27-,49-/m0/s1. The predicted molar refractivity (Wildman–Crippen MR) is 238 cm³/mol. The van der Waals surface area contributed by atoms with Gasteiger partial charge in [0.25, 0.3) is 5.91 Å². The number of carbonyl (C=O) groups is 1. The Morgan fingerprint density at radius 2 is 1.67 bits per heavy atom. The first-order valence-corrected chi connectivity index (χ1v) is 23.1. The molecule has 1 N–H and O–H groups in total. The smallest absolute Gasteiger partial charge is 0.381 e. The van der Waals surface area contributed by atoms with Crippen molar-refractivity contribution in [3.63, 3.8) is 0 Å². The summed E-state index contributed by atoms with van der Waals surface area (Å²) in [5.74, 6) is -0.634. The number of aromatic nitrogens is 9. The van der Waals surface area contributed by atoms with Gasteiger partial charge in [-0.3, -0.25) is 28.1 Å². The van der Waals surface area contributed by atoms with E-state index in [4.69, 9.17) is 14.4 Å². The maximum Gasteiger partial charge on any atom is 0.438 e. The first kappa shape index (κ1) is 39.5. The number of H-pyrrole nitrogens is 1. The van der Waals surface area contributed by atoms with Crippen LogP contribution >= 0.6 is 0 Å². The largest absolute Gasteiger partial charge is 0.438 e. The van der Waals surface area contributed by atoms with Crippen molar-refractivity contribution in [2.75, 3.05) is 19.8 Å². The van der Waals surface area contributed by atoms with Crippen LogP contribution in [0.15, 0.2) is 81.2 Å². The third kappa shape index (κ3) is 5.67. The predicted octanol–water partition coefficient (Wildman–Crippen LogP) is 7.33. The van der Waals surface area contributed by atoms with E-state index in [0.717, 1.165) is 48.6 Å². The van der Waals surface area contributed by atoms with E-state index < -0.39 is 28.8 Å². The zero-order valence-electron chi connectivity index (χ0n) is 36.5. The molecule has 8 aromatic rings. The molecule has 3 atom stereocenters. The molecular weight excluding hydrogens is 847 g/mol. The molecule has 2 saturated carbocycles. The number of benzene rings is 3. The summed E-state index contributed by atoms with van der Waals surface area (Å²) >= 11 is 0.